The maximum Gasteiger partial charge on any atom is 0.411 e. The number of nitrogens with zero attached hydrogens (tertiary/aromatic N) is 1. The molecule has 0 bridgehead atoms. The summed E-state index contributed by atoms with van der Waals surface area (Å²) < 4.78 is 0. The Kier molecular flexibility index (Phi) is 1.86. The minimum Gasteiger partial charge on any atom is -0.465 e. The molecule has 0 spiro atoms. The highest BCUT2D eigenvalue weighted by Gasteiger charge is 2.38. The molecule has 1 aromatic heterocycles. The SMILES string of the molecule is CC1(C)CN(C(=O)O)c2ccc(=O)[nH]c21. The highest BCUT2D eigenvalue weighted by Crippen LogP contribution is 2.37. The summed E-state index contributed by atoms with van der Waals surface area (Å²) in [4.78, 5) is 26.1. The van der Waals surface area contributed by atoms with Crippen LogP contribution >= 0.6 is 0 Å². The largest absolute Gasteiger partial charge is 0.465 e. The van der Waals surface area contributed by atoms with E-state index in [0.717, 1.165) is 0 Å². The molecular weight excluding hydrogens is 196 g/mol. The van der Waals surface area contributed by atoms with Crippen LogP contribution in [0.1, 0.15) is 19.5 Å². The molecule has 0 saturated carbocycles. The summed E-state index contributed by atoms with van der Waals surface area (Å²) in [6, 6.07) is 2.90. The summed E-state index contributed by atoms with van der Waals surface area (Å²) in [5, 5.41) is 9.00. The van der Waals surface area contributed by atoms with Crippen molar-refractivity contribution in [3.8, 4) is 0 Å². The van der Waals surface area contributed by atoms with Crippen LogP contribution in [0.4, 0.5) is 10.5 Å². The van der Waals surface area contributed by atoms with Gasteiger partial charge >= 0.3 is 6.09 Å². The number of carbonyl (C=O) groups is 1. The van der Waals surface area contributed by atoms with Gasteiger partial charge in [0, 0.05) is 23.7 Å². The van der Waals surface area contributed by atoms with Crippen LogP contribution in [0.5, 0.6) is 0 Å². The van der Waals surface area contributed by atoms with Gasteiger partial charge in [0.15, 0.2) is 0 Å². The van der Waals surface area contributed by atoms with E-state index >= 15 is 0 Å². The first-order valence-electron chi connectivity index (χ1n) is 4.66. The van der Waals surface area contributed by atoms with Gasteiger partial charge in [-0.3, -0.25) is 9.69 Å². The molecule has 0 radical (unpaired) electrons. The maximum atomic E-state index is 11.2. The monoisotopic (exact) mass is 208 g/mol. The fourth-order valence-electron chi connectivity index (χ4n) is 1.94. The van der Waals surface area contributed by atoms with Crippen molar-refractivity contribution < 1.29 is 9.90 Å². The summed E-state index contributed by atoms with van der Waals surface area (Å²) in [5.41, 5.74) is 0.729. The fourth-order valence-corrected chi connectivity index (χ4v) is 1.94. The van der Waals surface area contributed by atoms with Gasteiger partial charge in [0.2, 0.25) is 5.56 Å². The third-order valence-electron chi connectivity index (χ3n) is 2.65. The molecule has 1 aromatic rings. The van der Waals surface area contributed by atoms with Crippen LogP contribution in [-0.2, 0) is 5.41 Å². The average molecular weight is 208 g/mol. The summed E-state index contributed by atoms with van der Waals surface area (Å²) in [6.45, 7) is 4.19. The number of hydrogen-bond acceptors (Lipinski definition) is 2. The number of fused-ring (bicyclic) bond motifs is 1. The van der Waals surface area contributed by atoms with Gasteiger partial charge in [-0.2, -0.15) is 0 Å². The zero-order chi connectivity index (χ0) is 11.2. The van der Waals surface area contributed by atoms with Gasteiger partial charge in [-0.1, -0.05) is 13.8 Å². The zero-order valence-electron chi connectivity index (χ0n) is 8.57. The molecule has 0 aliphatic carbocycles. The number of rotatable bonds is 0. The highest BCUT2D eigenvalue weighted by molar-refractivity contribution is 5.89. The summed E-state index contributed by atoms with van der Waals surface area (Å²) in [6.07, 6.45) is -0.992. The molecule has 2 rings (SSSR count). The van der Waals surface area contributed by atoms with Crippen molar-refractivity contribution in [2.75, 3.05) is 11.4 Å². The van der Waals surface area contributed by atoms with Gasteiger partial charge in [-0.15, -0.1) is 0 Å². The Morgan fingerprint density at radius 2 is 2.20 bits per heavy atom. The first kappa shape index (κ1) is 9.76. The molecule has 5 nitrogen and oxygen atoms in total. The van der Waals surface area contributed by atoms with Crippen molar-refractivity contribution in [3.63, 3.8) is 0 Å². The minimum atomic E-state index is -0.992. The van der Waals surface area contributed by atoms with Crippen LogP contribution in [0.25, 0.3) is 0 Å². The number of nitrogens with one attached hydrogen (secondary N) is 1. The van der Waals surface area contributed by atoms with E-state index < -0.39 is 6.09 Å². The normalized spacial score (nSPS) is 17.6. The molecule has 1 aliphatic rings. The summed E-state index contributed by atoms with van der Waals surface area (Å²) in [5.74, 6) is 0. The van der Waals surface area contributed by atoms with E-state index in [1.807, 2.05) is 13.8 Å². The van der Waals surface area contributed by atoms with Gasteiger partial charge in [0.05, 0.1) is 5.69 Å². The van der Waals surface area contributed by atoms with Gasteiger partial charge in [-0.25, -0.2) is 4.79 Å². The van der Waals surface area contributed by atoms with E-state index in [9.17, 15) is 9.59 Å². The Morgan fingerprint density at radius 1 is 1.53 bits per heavy atom. The van der Waals surface area contributed by atoms with Gasteiger partial charge in [-0.05, 0) is 6.07 Å². The van der Waals surface area contributed by atoms with E-state index in [0.29, 0.717) is 17.9 Å². The van der Waals surface area contributed by atoms with Crippen LogP contribution in [0, 0.1) is 0 Å². The minimum absolute atomic E-state index is 0.200. The second-order valence-corrected chi connectivity index (χ2v) is 4.34. The Balaban J connectivity index is 2.63. The van der Waals surface area contributed by atoms with Gasteiger partial charge < -0.3 is 10.1 Å². The highest BCUT2D eigenvalue weighted by atomic mass is 16.4. The molecule has 2 N–H and O–H groups in total. The van der Waals surface area contributed by atoms with Crippen LogP contribution in [0.2, 0.25) is 0 Å². The molecule has 1 aliphatic heterocycles. The second-order valence-electron chi connectivity index (χ2n) is 4.34. The first-order valence-corrected chi connectivity index (χ1v) is 4.66. The molecule has 0 aromatic carbocycles. The van der Waals surface area contributed by atoms with Crippen molar-refractivity contribution in [1.29, 1.82) is 0 Å². The standard InChI is InChI=1S/C10H12N2O3/c1-10(2)5-12(9(14)15)6-3-4-7(13)11-8(6)10/h3-4H,5H2,1-2H3,(H,11,13)(H,14,15). The number of anilines is 1. The maximum absolute atomic E-state index is 11.2. The number of carboxylic acid groups (broad SMARTS) is 1. The van der Waals surface area contributed by atoms with Crippen molar-refractivity contribution in [2.24, 2.45) is 0 Å². The van der Waals surface area contributed by atoms with E-state index in [1.165, 1.54) is 11.0 Å². The third kappa shape index (κ3) is 1.40. The van der Waals surface area contributed by atoms with Crippen molar-refractivity contribution >= 4 is 11.8 Å². The smallest absolute Gasteiger partial charge is 0.411 e. The van der Waals surface area contributed by atoms with E-state index in [2.05, 4.69) is 4.98 Å². The Labute approximate surface area is 86.3 Å². The molecular formula is C10H12N2O3. The molecule has 15 heavy (non-hydrogen) atoms. The molecule has 80 valence electrons. The lowest BCUT2D eigenvalue weighted by Gasteiger charge is -2.17. The van der Waals surface area contributed by atoms with Gasteiger partial charge in [0.1, 0.15) is 0 Å². The lowest BCUT2D eigenvalue weighted by atomic mass is 9.91. The molecule has 5 heteroatoms. The number of amides is 1. The Bertz CT molecular complexity index is 476. The number of pyridine rings is 1. The third-order valence-corrected chi connectivity index (χ3v) is 2.65. The second kappa shape index (κ2) is 2.85. The fraction of sp³-hybridized carbons (Fsp3) is 0.400. The predicted molar refractivity (Wildman–Crippen MR) is 55.5 cm³/mol. The van der Waals surface area contributed by atoms with Gasteiger partial charge in [0.25, 0.3) is 0 Å². The number of aromatic amines is 1. The van der Waals surface area contributed by atoms with Crippen LogP contribution < -0.4 is 10.5 Å². The molecule has 0 fully saturated rings. The van der Waals surface area contributed by atoms with E-state index in [1.54, 1.807) is 6.07 Å². The lowest BCUT2D eigenvalue weighted by molar-refractivity contribution is 0.201. The van der Waals surface area contributed by atoms with Crippen LogP contribution in [-0.4, -0.2) is 22.7 Å². The molecule has 2 heterocycles. The Morgan fingerprint density at radius 3 is 2.80 bits per heavy atom. The van der Waals surface area contributed by atoms with Crippen LogP contribution in [0.15, 0.2) is 16.9 Å². The van der Waals surface area contributed by atoms with Crippen molar-refractivity contribution in [2.45, 2.75) is 19.3 Å². The average Bonchev–Trinajstić information content (AvgIpc) is 2.39. The predicted octanol–water partition coefficient (Wildman–Crippen LogP) is 1.15. The Hall–Kier alpha value is -1.78. The molecule has 0 atom stereocenters. The van der Waals surface area contributed by atoms with Crippen molar-refractivity contribution in [1.82, 2.24) is 4.98 Å². The topological polar surface area (TPSA) is 73.4 Å². The lowest BCUT2D eigenvalue weighted by Crippen LogP contribution is -2.32. The molecule has 0 saturated heterocycles. The van der Waals surface area contributed by atoms with E-state index in [4.69, 9.17) is 5.11 Å². The zero-order valence-corrected chi connectivity index (χ0v) is 8.57. The number of hydrogen-bond donors (Lipinski definition) is 2. The first-order chi connectivity index (χ1) is 6.92. The summed E-state index contributed by atoms with van der Waals surface area (Å²) >= 11 is 0. The molecule has 0 unspecified atom stereocenters. The summed E-state index contributed by atoms with van der Waals surface area (Å²) in [7, 11) is 0. The number of H-pyrrole nitrogens is 1. The number of aromatic nitrogens is 1. The van der Waals surface area contributed by atoms with Crippen LogP contribution in [0.3, 0.4) is 0 Å². The molecule has 1 amide bonds. The van der Waals surface area contributed by atoms with Crippen molar-refractivity contribution in [3.05, 3.63) is 28.2 Å². The quantitative estimate of drug-likeness (QED) is 0.671. The van der Waals surface area contributed by atoms with E-state index in [-0.39, 0.29) is 11.0 Å².